The number of hydrogen-bond acceptors (Lipinski definition) is 3. The molecule has 0 aromatic heterocycles. The van der Waals surface area contributed by atoms with Gasteiger partial charge in [-0.2, -0.15) is 0 Å². The van der Waals surface area contributed by atoms with Crippen molar-refractivity contribution in [2.24, 2.45) is 5.92 Å². The summed E-state index contributed by atoms with van der Waals surface area (Å²) in [6.45, 7) is 2.56. The molecule has 3 N–H and O–H groups in total. The molecular formula is C16H20N2O4. The summed E-state index contributed by atoms with van der Waals surface area (Å²) >= 11 is 0. The number of aliphatic carboxylic acids is 1. The lowest BCUT2D eigenvalue weighted by atomic mass is 9.80. The first-order chi connectivity index (χ1) is 10.5. The van der Waals surface area contributed by atoms with Gasteiger partial charge in [-0.3, -0.25) is 14.4 Å². The van der Waals surface area contributed by atoms with Gasteiger partial charge in [0, 0.05) is 23.7 Å². The maximum atomic E-state index is 12.1. The molecule has 1 aliphatic carbocycles. The summed E-state index contributed by atoms with van der Waals surface area (Å²) in [5.74, 6) is -1.67. The number of benzene rings is 1. The van der Waals surface area contributed by atoms with E-state index in [4.69, 9.17) is 5.11 Å². The number of amides is 2. The molecule has 0 saturated heterocycles. The average Bonchev–Trinajstić information content (AvgIpc) is 2.47. The Morgan fingerprint density at radius 1 is 1.18 bits per heavy atom. The fourth-order valence-electron chi connectivity index (χ4n) is 2.35. The predicted molar refractivity (Wildman–Crippen MR) is 80.7 cm³/mol. The second-order valence-electron chi connectivity index (χ2n) is 5.51. The number of carbonyl (C=O) groups is 3. The Bertz CT molecular complexity index is 579. The highest BCUT2D eigenvalue weighted by Crippen LogP contribution is 2.27. The number of carboxylic acid groups (broad SMARTS) is 1. The summed E-state index contributed by atoms with van der Waals surface area (Å²) in [6, 6.07) is 6.40. The van der Waals surface area contributed by atoms with E-state index in [0.29, 0.717) is 30.5 Å². The number of hydrogen-bond donors (Lipinski definition) is 3. The summed E-state index contributed by atoms with van der Waals surface area (Å²) in [6.07, 6.45) is 1.76. The van der Waals surface area contributed by atoms with E-state index in [2.05, 4.69) is 10.6 Å². The Morgan fingerprint density at radius 2 is 1.82 bits per heavy atom. The quantitative estimate of drug-likeness (QED) is 0.740. The molecular weight excluding hydrogens is 284 g/mol. The minimum Gasteiger partial charge on any atom is -0.481 e. The van der Waals surface area contributed by atoms with Crippen LogP contribution >= 0.6 is 0 Å². The van der Waals surface area contributed by atoms with Gasteiger partial charge in [0.05, 0.1) is 5.92 Å². The summed E-state index contributed by atoms with van der Waals surface area (Å²) in [7, 11) is 0. The SMILES string of the molecule is CCCNC(=O)c1cccc(C(=O)NC2CC(C(=O)O)C2)c1. The number of carboxylic acids is 1. The van der Waals surface area contributed by atoms with Gasteiger partial charge in [0.25, 0.3) is 11.8 Å². The lowest BCUT2D eigenvalue weighted by molar-refractivity contribution is -0.145. The van der Waals surface area contributed by atoms with Crippen molar-refractivity contribution < 1.29 is 19.5 Å². The van der Waals surface area contributed by atoms with Crippen LogP contribution < -0.4 is 10.6 Å². The molecule has 1 aromatic carbocycles. The zero-order valence-corrected chi connectivity index (χ0v) is 12.5. The summed E-state index contributed by atoms with van der Waals surface area (Å²) in [5.41, 5.74) is 0.848. The van der Waals surface area contributed by atoms with Crippen LogP contribution in [-0.2, 0) is 4.79 Å². The van der Waals surface area contributed by atoms with Crippen LogP contribution in [0.2, 0.25) is 0 Å². The molecule has 22 heavy (non-hydrogen) atoms. The molecule has 6 nitrogen and oxygen atoms in total. The molecule has 1 aliphatic rings. The second-order valence-corrected chi connectivity index (χ2v) is 5.51. The van der Waals surface area contributed by atoms with Crippen molar-refractivity contribution in [3.8, 4) is 0 Å². The lowest BCUT2D eigenvalue weighted by Gasteiger charge is -2.32. The summed E-state index contributed by atoms with van der Waals surface area (Å²) < 4.78 is 0. The Hall–Kier alpha value is -2.37. The molecule has 0 radical (unpaired) electrons. The Labute approximate surface area is 128 Å². The summed E-state index contributed by atoms with van der Waals surface area (Å²) in [4.78, 5) is 34.7. The van der Waals surface area contributed by atoms with E-state index >= 15 is 0 Å². The van der Waals surface area contributed by atoms with Crippen molar-refractivity contribution in [1.29, 1.82) is 0 Å². The monoisotopic (exact) mass is 304 g/mol. The number of nitrogens with one attached hydrogen (secondary N) is 2. The fourth-order valence-corrected chi connectivity index (χ4v) is 2.35. The molecule has 1 aromatic rings. The van der Waals surface area contributed by atoms with Gasteiger partial charge in [-0.1, -0.05) is 13.0 Å². The minimum absolute atomic E-state index is 0.105. The highest BCUT2D eigenvalue weighted by atomic mass is 16.4. The molecule has 0 atom stereocenters. The van der Waals surface area contributed by atoms with E-state index in [1.54, 1.807) is 24.3 Å². The standard InChI is InChI=1S/C16H20N2O4/c1-2-6-17-14(19)10-4-3-5-11(7-10)15(20)18-13-8-12(9-13)16(21)22/h3-5,7,12-13H,2,6,8-9H2,1H3,(H,17,19)(H,18,20)(H,21,22). The molecule has 0 heterocycles. The van der Waals surface area contributed by atoms with Crippen molar-refractivity contribution in [3.05, 3.63) is 35.4 Å². The van der Waals surface area contributed by atoms with Gasteiger partial charge in [-0.15, -0.1) is 0 Å². The third kappa shape index (κ3) is 3.84. The largest absolute Gasteiger partial charge is 0.481 e. The third-order valence-electron chi connectivity index (χ3n) is 3.75. The van der Waals surface area contributed by atoms with Crippen molar-refractivity contribution in [2.45, 2.75) is 32.2 Å². The van der Waals surface area contributed by atoms with Crippen LogP contribution in [0, 0.1) is 5.92 Å². The zero-order valence-electron chi connectivity index (χ0n) is 12.5. The highest BCUT2D eigenvalue weighted by Gasteiger charge is 2.35. The maximum absolute atomic E-state index is 12.1. The maximum Gasteiger partial charge on any atom is 0.306 e. The van der Waals surface area contributed by atoms with Crippen molar-refractivity contribution >= 4 is 17.8 Å². The molecule has 0 spiro atoms. The second kappa shape index (κ2) is 7.06. The highest BCUT2D eigenvalue weighted by molar-refractivity contribution is 5.99. The first-order valence-corrected chi connectivity index (χ1v) is 7.43. The van der Waals surface area contributed by atoms with Crippen LogP contribution in [0.1, 0.15) is 46.9 Å². The Balaban J connectivity index is 1.93. The van der Waals surface area contributed by atoms with Crippen LogP contribution in [0.5, 0.6) is 0 Å². The van der Waals surface area contributed by atoms with E-state index in [1.165, 1.54) is 0 Å². The molecule has 6 heteroatoms. The van der Waals surface area contributed by atoms with E-state index < -0.39 is 5.97 Å². The van der Waals surface area contributed by atoms with E-state index in [0.717, 1.165) is 6.42 Å². The molecule has 1 fully saturated rings. The van der Waals surface area contributed by atoms with Crippen LogP contribution in [0.25, 0.3) is 0 Å². The van der Waals surface area contributed by atoms with E-state index in [9.17, 15) is 14.4 Å². The predicted octanol–water partition coefficient (Wildman–Crippen LogP) is 1.42. The smallest absolute Gasteiger partial charge is 0.306 e. The van der Waals surface area contributed by atoms with Gasteiger partial charge in [0.2, 0.25) is 0 Å². The van der Waals surface area contributed by atoms with Crippen LogP contribution in [0.4, 0.5) is 0 Å². The number of rotatable bonds is 6. The van der Waals surface area contributed by atoms with Crippen molar-refractivity contribution in [1.82, 2.24) is 10.6 Å². The number of carbonyl (C=O) groups excluding carboxylic acids is 2. The molecule has 2 rings (SSSR count). The molecule has 0 unspecified atom stereocenters. The Kier molecular flexibility index (Phi) is 5.14. The average molecular weight is 304 g/mol. The lowest BCUT2D eigenvalue weighted by Crippen LogP contribution is -2.46. The van der Waals surface area contributed by atoms with Gasteiger partial charge in [-0.25, -0.2) is 0 Å². The molecule has 1 saturated carbocycles. The molecule has 118 valence electrons. The summed E-state index contributed by atoms with van der Waals surface area (Å²) in [5, 5.41) is 14.4. The minimum atomic E-state index is -0.819. The topological polar surface area (TPSA) is 95.5 Å². The third-order valence-corrected chi connectivity index (χ3v) is 3.75. The van der Waals surface area contributed by atoms with Gasteiger partial charge >= 0.3 is 5.97 Å². The van der Waals surface area contributed by atoms with Gasteiger partial charge in [0.1, 0.15) is 0 Å². The van der Waals surface area contributed by atoms with E-state index in [-0.39, 0.29) is 23.8 Å². The molecule has 2 amide bonds. The molecule has 0 aliphatic heterocycles. The first-order valence-electron chi connectivity index (χ1n) is 7.43. The first kappa shape index (κ1) is 16.0. The normalized spacial score (nSPS) is 19.9. The van der Waals surface area contributed by atoms with Crippen LogP contribution in [0.15, 0.2) is 24.3 Å². The molecule has 0 bridgehead atoms. The van der Waals surface area contributed by atoms with Crippen LogP contribution in [0.3, 0.4) is 0 Å². The van der Waals surface area contributed by atoms with Gasteiger partial charge < -0.3 is 15.7 Å². The van der Waals surface area contributed by atoms with Gasteiger partial charge in [0.15, 0.2) is 0 Å². The van der Waals surface area contributed by atoms with Crippen molar-refractivity contribution in [3.63, 3.8) is 0 Å². The van der Waals surface area contributed by atoms with Crippen LogP contribution in [-0.4, -0.2) is 35.5 Å². The van der Waals surface area contributed by atoms with Crippen molar-refractivity contribution in [2.75, 3.05) is 6.54 Å². The zero-order chi connectivity index (χ0) is 16.1. The van der Waals surface area contributed by atoms with E-state index in [1.807, 2.05) is 6.92 Å². The van der Waals surface area contributed by atoms with Gasteiger partial charge in [-0.05, 0) is 37.5 Å². The fraction of sp³-hybridized carbons (Fsp3) is 0.438. The Morgan fingerprint density at radius 3 is 2.41 bits per heavy atom.